The van der Waals surface area contributed by atoms with Crippen molar-refractivity contribution in [2.24, 2.45) is 4.99 Å². The van der Waals surface area contributed by atoms with Gasteiger partial charge in [-0.3, -0.25) is 10.2 Å². The molecule has 2 aliphatic rings. The predicted octanol–water partition coefficient (Wildman–Crippen LogP) is 4.61. The Balaban J connectivity index is 1.37. The molecule has 2 aliphatic heterocycles. The van der Waals surface area contributed by atoms with Crippen molar-refractivity contribution >= 4 is 23.7 Å². The van der Waals surface area contributed by atoms with E-state index >= 15 is 0 Å². The number of nitrogens with zero attached hydrogens (tertiary/aromatic N) is 2. The number of fused-ring (bicyclic) bond motifs is 1. The quantitative estimate of drug-likeness (QED) is 0.456. The van der Waals surface area contributed by atoms with E-state index in [0.717, 1.165) is 11.3 Å². The van der Waals surface area contributed by atoms with Crippen molar-refractivity contribution < 1.29 is 23.8 Å². The lowest BCUT2D eigenvalue weighted by Gasteiger charge is -2.23. The Bertz CT molecular complexity index is 1230. The molecule has 2 aromatic carbocycles. The summed E-state index contributed by atoms with van der Waals surface area (Å²) in [5, 5.41) is 9.56. The number of methoxy groups -OCH3 is 1. The van der Waals surface area contributed by atoms with Gasteiger partial charge in [0.2, 0.25) is 0 Å². The van der Waals surface area contributed by atoms with Crippen LogP contribution in [0, 0.1) is 19.3 Å². The van der Waals surface area contributed by atoms with Crippen LogP contribution in [0.3, 0.4) is 0 Å². The average Bonchev–Trinajstić information content (AvgIpc) is 3.18. The van der Waals surface area contributed by atoms with E-state index in [1.807, 2.05) is 19.1 Å². The molecule has 0 spiro atoms. The smallest absolute Gasteiger partial charge is 0.282 e. The summed E-state index contributed by atoms with van der Waals surface area (Å²) in [6, 6.07) is 11.4. The number of hydrogen-bond acceptors (Lipinski definition) is 6. The highest BCUT2D eigenvalue weighted by atomic mass is 16.7. The lowest BCUT2D eigenvalue weighted by Crippen LogP contribution is -2.38. The van der Waals surface area contributed by atoms with E-state index in [0.29, 0.717) is 48.3 Å². The molecule has 0 aliphatic carbocycles. The summed E-state index contributed by atoms with van der Waals surface area (Å²) in [7, 11) is 1.55. The summed E-state index contributed by atoms with van der Waals surface area (Å²) in [5.41, 5.74) is 3.13. The average molecular weight is 462 g/mol. The Morgan fingerprint density at radius 2 is 1.76 bits per heavy atom. The molecule has 1 amide bonds. The molecule has 4 rings (SSSR count). The molecule has 0 saturated carbocycles. The van der Waals surface area contributed by atoms with E-state index in [4.69, 9.17) is 24.5 Å². The van der Waals surface area contributed by atoms with E-state index in [9.17, 15) is 4.79 Å². The molecule has 2 heterocycles. The van der Waals surface area contributed by atoms with Gasteiger partial charge in [-0.25, -0.2) is 0 Å². The van der Waals surface area contributed by atoms with Gasteiger partial charge in [0.25, 0.3) is 5.91 Å². The standard InChI is InChI=1S/C26H27N3O5/c1-16-6-8-21(17(2)12-16)32-10-5-11-33-22-9-7-19(15-23(22)31-4)14-20-25(27)29-24(28-26(20)30)13-18(3)34-29/h6-9,12-15,27H,5,10-11H2,1-4H3/b20-14+,27-25?. The zero-order chi connectivity index (χ0) is 24.2. The number of ether oxygens (including phenoxy) is 3. The first-order valence-electron chi connectivity index (χ1n) is 11.0. The van der Waals surface area contributed by atoms with Crippen molar-refractivity contribution in [1.29, 1.82) is 5.41 Å². The summed E-state index contributed by atoms with van der Waals surface area (Å²) in [5.74, 6) is 2.32. The van der Waals surface area contributed by atoms with E-state index in [1.165, 1.54) is 10.6 Å². The van der Waals surface area contributed by atoms with Crippen molar-refractivity contribution in [2.45, 2.75) is 27.2 Å². The van der Waals surface area contributed by atoms with Gasteiger partial charge in [-0.05, 0) is 56.2 Å². The van der Waals surface area contributed by atoms with E-state index in [-0.39, 0.29) is 11.4 Å². The van der Waals surface area contributed by atoms with Crippen LogP contribution < -0.4 is 14.2 Å². The molecular formula is C26H27N3O5. The highest BCUT2D eigenvalue weighted by Gasteiger charge is 2.34. The number of allylic oxidation sites excluding steroid dienone is 1. The van der Waals surface area contributed by atoms with Crippen molar-refractivity contribution in [3.8, 4) is 17.2 Å². The molecule has 0 fully saturated rings. The molecule has 176 valence electrons. The Labute approximate surface area is 198 Å². The molecule has 0 saturated heterocycles. The third kappa shape index (κ3) is 4.96. The van der Waals surface area contributed by atoms with E-state index in [2.05, 4.69) is 18.0 Å². The molecule has 0 aromatic heterocycles. The Morgan fingerprint density at radius 3 is 2.50 bits per heavy atom. The highest BCUT2D eigenvalue weighted by Crippen LogP contribution is 2.30. The minimum Gasteiger partial charge on any atom is -0.493 e. The molecule has 0 atom stereocenters. The van der Waals surface area contributed by atoms with Gasteiger partial charge in [-0.15, -0.1) is 5.06 Å². The van der Waals surface area contributed by atoms with E-state index in [1.54, 1.807) is 44.4 Å². The predicted molar refractivity (Wildman–Crippen MR) is 129 cm³/mol. The van der Waals surface area contributed by atoms with Crippen LogP contribution in [0.2, 0.25) is 0 Å². The fourth-order valence-electron chi connectivity index (χ4n) is 3.64. The first kappa shape index (κ1) is 23.1. The van der Waals surface area contributed by atoms with Gasteiger partial charge in [0.15, 0.2) is 23.2 Å². The lowest BCUT2D eigenvalue weighted by molar-refractivity contribution is -0.114. The van der Waals surface area contributed by atoms with Gasteiger partial charge in [0, 0.05) is 12.5 Å². The maximum Gasteiger partial charge on any atom is 0.282 e. The summed E-state index contributed by atoms with van der Waals surface area (Å²) in [4.78, 5) is 21.9. The van der Waals surface area contributed by atoms with Gasteiger partial charge < -0.3 is 19.0 Å². The van der Waals surface area contributed by atoms with Gasteiger partial charge >= 0.3 is 0 Å². The van der Waals surface area contributed by atoms with Crippen LogP contribution in [0.4, 0.5) is 0 Å². The fraction of sp³-hybridized carbons (Fsp3) is 0.269. The third-order valence-electron chi connectivity index (χ3n) is 5.31. The lowest BCUT2D eigenvalue weighted by atomic mass is 10.1. The van der Waals surface area contributed by atoms with Crippen LogP contribution >= 0.6 is 0 Å². The molecule has 0 bridgehead atoms. The zero-order valence-corrected chi connectivity index (χ0v) is 19.7. The first-order valence-corrected chi connectivity index (χ1v) is 11.0. The second-order valence-corrected chi connectivity index (χ2v) is 8.05. The number of rotatable bonds is 8. The first-order chi connectivity index (χ1) is 16.4. The number of amides is 1. The second-order valence-electron chi connectivity index (χ2n) is 8.05. The van der Waals surface area contributed by atoms with E-state index < -0.39 is 5.91 Å². The van der Waals surface area contributed by atoms with Crippen molar-refractivity contribution in [3.05, 3.63) is 70.5 Å². The fourth-order valence-corrected chi connectivity index (χ4v) is 3.64. The number of carbonyl (C=O) groups is 1. The molecular weight excluding hydrogens is 434 g/mol. The van der Waals surface area contributed by atoms with Crippen LogP contribution in [0.1, 0.15) is 30.0 Å². The van der Waals surface area contributed by atoms with Crippen molar-refractivity contribution in [1.82, 2.24) is 5.06 Å². The van der Waals surface area contributed by atoms with Gasteiger partial charge in [-0.1, -0.05) is 23.8 Å². The monoisotopic (exact) mass is 461 g/mol. The summed E-state index contributed by atoms with van der Waals surface area (Å²) >= 11 is 0. The SMILES string of the molecule is COc1cc(/C=C2\C(=N)N3OC(C)=CC3=NC2=O)ccc1OCCCOc1ccc(C)cc1C. The number of aryl methyl sites for hydroxylation is 2. The van der Waals surface area contributed by atoms with Crippen LogP contribution in [0.25, 0.3) is 6.08 Å². The molecule has 2 aromatic rings. The molecule has 0 radical (unpaired) electrons. The van der Waals surface area contributed by atoms with Crippen LogP contribution in [-0.2, 0) is 9.63 Å². The van der Waals surface area contributed by atoms with Crippen LogP contribution in [-0.4, -0.2) is 43.0 Å². The summed E-state index contributed by atoms with van der Waals surface area (Å²) in [6.07, 6.45) is 3.91. The minimum atomic E-state index is -0.492. The Morgan fingerprint density at radius 1 is 1.03 bits per heavy atom. The number of hydroxylamine groups is 2. The van der Waals surface area contributed by atoms with Crippen molar-refractivity contribution in [2.75, 3.05) is 20.3 Å². The maximum absolute atomic E-state index is 12.4. The zero-order valence-electron chi connectivity index (χ0n) is 19.7. The van der Waals surface area contributed by atoms with Crippen LogP contribution in [0.5, 0.6) is 17.2 Å². The minimum absolute atomic E-state index is 0.0637. The number of aliphatic imine (C=N–C) groups is 1. The highest BCUT2D eigenvalue weighted by molar-refractivity contribution is 6.32. The largest absolute Gasteiger partial charge is 0.493 e. The topological polar surface area (TPSA) is 93.4 Å². The molecule has 8 nitrogen and oxygen atoms in total. The Hall–Kier alpha value is -4.07. The van der Waals surface area contributed by atoms with Gasteiger partial charge in [-0.2, -0.15) is 4.99 Å². The van der Waals surface area contributed by atoms with Gasteiger partial charge in [0.05, 0.1) is 25.9 Å². The normalized spacial score (nSPS) is 16.1. The number of carbonyl (C=O) groups excluding carboxylic acids is 1. The molecule has 1 N–H and O–H groups in total. The number of nitrogens with one attached hydrogen (secondary N) is 1. The third-order valence-corrected chi connectivity index (χ3v) is 5.31. The summed E-state index contributed by atoms with van der Waals surface area (Å²) < 4.78 is 17.2. The molecule has 34 heavy (non-hydrogen) atoms. The maximum atomic E-state index is 12.4. The molecule has 0 unspecified atom stereocenters. The molecule has 8 heteroatoms. The summed E-state index contributed by atoms with van der Waals surface area (Å²) in [6.45, 7) is 6.82. The number of hydrogen-bond donors (Lipinski definition) is 1. The number of amidine groups is 2. The number of benzene rings is 2. The second kappa shape index (κ2) is 9.82. The Kier molecular flexibility index (Phi) is 6.67. The van der Waals surface area contributed by atoms with Crippen LogP contribution in [0.15, 0.2) is 58.8 Å². The van der Waals surface area contributed by atoms with Crippen molar-refractivity contribution in [3.63, 3.8) is 0 Å². The van der Waals surface area contributed by atoms with Gasteiger partial charge in [0.1, 0.15) is 11.5 Å².